The van der Waals surface area contributed by atoms with Gasteiger partial charge in [0.05, 0.1) is 6.54 Å². The van der Waals surface area contributed by atoms with Crippen molar-refractivity contribution in [2.75, 3.05) is 6.54 Å². The summed E-state index contributed by atoms with van der Waals surface area (Å²) in [6, 6.07) is 7.01. The zero-order valence-electron chi connectivity index (χ0n) is 17.0. The van der Waals surface area contributed by atoms with E-state index >= 15 is 0 Å². The van der Waals surface area contributed by atoms with Crippen LogP contribution in [-0.2, 0) is 21.0 Å². The predicted octanol–water partition coefficient (Wildman–Crippen LogP) is 4.08. The molecule has 0 spiro atoms. The van der Waals surface area contributed by atoms with Gasteiger partial charge in [-0.1, -0.05) is 76.8 Å². The van der Waals surface area contributed by atoms with Crippen LogP contribution in [-0.4, -0.2) is 24.7 Å². The lowest BCUT2D eigenvalue weighted by Crippen LogP contribution is -2.24. The van der Waals surface area contributed by atoms with Crippen molar-refractivity contribution in [1.82, 2.24) is 10.8 Å². The first-order chi connectivity index (χ1) is 13.7. The van der Waals surface area contributed by atoms with Crippen molar-refractivity contribution < 1.29 is 19.2 Å². The molecule has 0 atom stereocenters. The number of carbonyl (C=O) groups is 3. The van der Waals surface area contributed by atoms with Crippen molar-refractivity contribution in [2.45, 2.75) is 77.7 Å². The van der Waals surface area contributed by atoms with E-state index in [1.54, 1.807) is 24.3 Å². The third-order valence-electron chi connectivity index (χ3n) is 4.58. The molecule has 0 aromatic heterocycles. The van der Waals surface area contributed by atoms with Crippen molar-refractivity contribution in [3.63, 3.8) is 0 Å². The zero-order valence-corrected chi connectivity index (χ0v) is 17.0. The molecular weight excluding hydrogens is 356 g/mol. The van der Waals surface area contributed by atoms with Crippen molar-refractivity contribution in [3.8, 4) is 0 Å². The molecule has 0 aliphatic heterocycles. The lowest BCUT2D eigenvalue weighted by atomic mass is 10.1. The zero-order chi connectivity index (χ0) is 20.5. The molecule has 1 amide bonds. The van der Waals surface area contributed by atoms with Gasteiger partial charge >= 0.3 is 5.97 Å². The van der Waals surface area contributed by atoms with Crippen LogP contribution in [0.3, 0.4) is 0 Å². The number of carbonyl (C=O) groups excluding carboxylic acids is 3. The number of hydroxylamine groups is 1. The van der Waals surface area contributed by atoms with Crippen LogP contribution >= 0.6 is 0 Å². The molecule has 28 heavy (non-hydrogen) atoms. The van der Waals surface area contributed by atoms with Crippen LogP contribution in [0, 0.1) is 0 Å². The molecule has 0 saturated carbocycles. The maximum atomic E-state index is 12.1. The molecule has 0 aliphatic carbocycles. The van der Waals surface area contributed by atoms with Crippen LogP contribution in [0.1, 0.15) is 87.1 Å². The molecule has 6 heteroatoms. The van der Waals surface area contributed by atoms with Gasteiger partial charge in [-0.25, -0.2) is 4.79 Å². The average molecular weight is 391 g/mol. The number of amides is 1. The number of benzene rings is 1. The minimum absolute atomic E-state index is 0.0807. The molecular formula is C22H34N2O4. The Morgan fingerprint density at radius 1 is 0.893 bits per heavy atom. The average Bonchev–Trinajstić information content (AvgIpc) is 2.72. The molecule has 0 bridgehead atoms. The number of hydrogen-bond donors (Lipinski definition) is 2. The fraction of sp³-hybridized carbons (Fsp3) is 0.591. The quantitative estimate of drug-likeness (QED) is 0.192. The Bertz CT molecular complexity index is 572. The van der Waals surface area contributed by atoms with Crippen LogP contribution in [0.15, 0.2) is 24.3 Å². The summed E-state index contributed by atoms with van der Waals surface area (Å²) in [6.07, 6.45) is 12.8. The van der Waals surface area contributed by atoms with Crippen LogP contribution in [0.5, 0.6) is 0 Å². The van der Waals surface area contributed by atoms with Gasteiger partial charge in [0.1, 0.15) is 0 Å². The van der Waals surface area contributed by atoms with Crippen LogP contribution < -0.4 is 10.8 Å². The molecule has 0 saturated heterocycles. The highest BCUT2D eigenvalue weighted by atomic mass is 16.7. The van der Waals surface area contributed by atoms with Crippen molar-refractivity contribution >= 4 is 18.2 Å². The third kappa shape index (κ3) is 11.5. The van der Waals surface area contributed by atoms with Crippen LogP contribution in [0.25, 0.3) is 0 Å². The second-order valence-corrected chi connectivity index (χ2v) is 6.99. The van der Waals surface area contributed by atoms with E-state index in [2.05, 4.69) is 22.6 Å². The van der Waals surface area contributed by atoms with E-state index in [0.717, 1.165) is 18.4 Å². The Morgan fingerprint density at radius 3 is 2.04 bits per heavy atom. The molecule has 0 unspecified atom stereocenters. The standard InChI is InChI=1S/C22H34N2O4/c1-2-3-4-5-6-7-8-9-10-11-16-23-22(27)20-14-12-19(13-15-20)17-24-28-21(26)18-25/h12-15,18,24H,2-11,16-17H2,1H3,(H,23,27). The Labute approximate surface area is 168 Å². The summed E-state index contributed by atoms with van der Waals surface area (Å²) in [4.78, 5) is 37.4. The van der Waals surface area contributed by atoms with Gasteiger partial charge in [-0.3, -0.25) is 9.59 Å². The molecule has 0 fully saturated rings. The number of nitrogens with one attached hydrogen (secondary N) is 2. The van der Waals surface area contributed by atoms with E-state index < -0.39 is 5.97 Å². The predicted molar refractivity (Wildman–Crippen MR) is 110 cm³/mol. The maximum absolute atomic E-state index is 12.1. The highest BCUT2D eigenvalue weighted by molar-refractivity contribution is 6.20. The van der Waals surface area contributed by atoms with Gasteiger partial charge in [-0.15, -0.1) is 5.48 Å². The highest BCUT2D eigenvalue weighted by Crippen LogP contribution is 2.10. The van der Waals surface area contributed by atoms with Crippen molar-refractivity contribution in [3.05, 3.63) is 35.4 Å². The third-order valence-corrected chi connectivity index (χ3v) is 4.58. The summed E-state index contributed by atoms with van der Waals surface area (Å²) < 4.78 is 0. The Hall–Kier alpha value is -2.21. The first-order valence-corrected chi connectivity index (χ1v) is 10.4. The maximum Gasteiger partial charge on any atom is 0.389 e. The summed E-state index contributed by atoms with van der Waals surface area (Å²) in [7, 11) is 0. The normalized spacial score (nSPS) is 10.5. The topological polar surface area (TPSA) is 84.5 Å². The Morgan fingerprint density at radius 2 is 1.46 bits per heavy atom. The summed E-state index contributed by atoms with van der Waals surface area (Å²) >= 11 is 0. The van der Waals surface area contributed by atoms with Gasteiger partial charge in [0.15, 0.2) is 0 Å². The smallest absolute Gasteiger partial charge is 0.364 e. The lowest BCUT2D eigenvalue weighted by molar-refractivity contribution is -0.155. The molecule has 0 heterocycles. The van der Waals surface area contributed by atoms with E-state index in [1.165, 1.54) is 51.4 Å². The molecule has 156 valence electrons. The minimum Gasteiger partial charge on any atom is -0.364 e. The van der Waals surface area contributed by atoms with E-state index in [-0.39, 0.29) is 18.7 Å². The van der Waals surface area contributed by atoms with Crippen LogP contribution in [0.4, 0.5) is 0 Å². The van der Waals surface area contributed by atoms with E-state index in [0.29, 0.717) is 12.1 Å². The number of rotatable bonds is 16. The fourth-order valence-electron chi connectivity index (χ4n) is 2.90. The SMILES string of the molecule is CCCCCCCCCCCCNC(=O)c1ccc(CNOC(=O)C=O)cc1. The van der Waals surface area contributed by atoms with Crippen molar-refractivity contribution in [2.24, 2.45) is 0 Å². The molecule has 0 aliphatic rings. The Balaban J connectivity index is 2.07. The number of hydrogen-bond acceptors (Lipinski definition) is 5. The monoisotopic (exact) mass is 390 g/mol. The van der Waals surface area contributed by atoms with E-state index in [4.69, 9.17) is 0 Å². The first-order valence-electron chi connectivity index (χ1n) is 10.4. The first kappa shape index (κ1) is 23.8. The van der Waals surface area contributed by atoms with Crippen molar-refractivity contribution in [1.29, 1.82) is 0 Å². The summed E-state index contributed by atoms with van der Waals surface area (Å²) in [5, 5.41) is 2.95. The molecule has 1 aromatic rings. The summed E-state index contributed by atoms with van der Waals surface area (Å²) in [5.74, 6) is -1.05. The van der Waals surface area contributed by atoms with Gasteiger partial charge < -0.3 is 10.2 Å². The number of aldehydes is 1. The second-order valence-electron chi connectivity index (χ2n) is 6.99. The molecule has 0 radical (unpaired) electrons. The van der Waals surface area contributed by atoms with Gasteiger partial charge in [0.2, 0.25) is 6.29 Å². The highest BCUT2D eigenvalue weighted by Gasteiger charge is 2.05. The molecule has 1 aromatic carbocycles. The van der Waals surface area contributed by atoms with Gasteiger partial charge in [0.25, 0.3) is 5.91 Å². The van der Waals surface area contributed by atoms with Gasteiger partial charge in [0, 0.05) is 12.1 Å². The summed E-state index contributed by atoms with van der Waals surface area (Å²) in [6.45, 7) is 3.20. The second kappa shape index (κ2) is 15.8. The molecule has 6 nitrogen and oxygen atoms in total. The lowest BCUT2D eigenvalue weighted by Gasteiger charge is -2.07. The minimum atomic E-state index is -0.969. The molecule has 2 N–H and O–H groups in total. The largest absolute Gasteiger partial charge is 0.389 e. The fourth-order valence-corrected chi connectivity index (χ4v) is 2.90. The molecule has 1 rings (SSSR count). The van der Waals surface area contributed by atoms with E-state index in [1.807, 2.05) is 0 Å². The summed E-state index contributed by atoms with van der Waals surface area (Å²) in [5.41, 5.74) is 3.83. The van der Waals surface area contributed by atoms with E-state index in [9.17, 15) is 14.4 Å². The Kier molecular flexibility index (Phi) is 13.5. The van der Waals surface area contributed by atoms with Crippen LogP contribution in [0.2, 0.25) is 0 Å². The van der Waals surface area contributed by atoms with Gasteiger partial charge in [-0.2, -0.15) is 0 Å². The van der Waals surface area contributed by atoms with Gasteiger partial charge in [-0.05, 0) is 24.1 Å². The number of unbranched alkanes of at least 4 members (excludes halogenated alkanes) is 9.